The van der Waals surface area contributed by atoms with Gasteiger partial charge < -0.3 is 20.4 Å². The third-order valence-corrected chi connectivity index (χ3v) is 6.91. The second kappa shape index (κ2) is 12.3. The van der Waals surface area contributed by atoms with E-state index in [-0.39, 0.29) is 23.7 Å². The first-order valence-corrected chi connectivity index (χ1v) is 12.5. The number of nitro benzene ring substituents is 1. The molecule has 36 heavy (non-hydrogen) atoms. The van der Waals surface area contributed by atoms with E-state index >= 15 is 0 Å². The highest BCUT2D eigenvalue weighted by Crippen LogP contribution is 2.37. The van der Waals surface area contributed by atoms with Crippen molar-refractivity contribution in [2.45, 2.75) is 64.1 Å². The van der Waals surface area contributed by atoms with Gasteiger partial charge in [-0.1, -0.05) is 13.3 Å². The summed E-state index contributed by atoms with van der Waals surface area (Å²) in [7, 11) is 0. The maximum absolute atomic E-state index is 13.2. The molecule has 2 fully saturated rings. The molecule has 2 heterocycles. The highest BCUT2D eigenvalue weighted by atomic mass is 19.4. The number of unbranched alkanes of at least 4 members (excludes halogenated alkanes) is 1. The Hall–Kier alpha value is -3.05. The number of anilines is 1. The lowest BCUT2D eigenvalue weighted by atomic mass is 9.96. The quantitative estimate of drug-likeness (QED) is 0.389. The number of rotatable bonds is 8. The molecule has 200 valence electrons. The molecule has 0 unspecified atom stereocenters. The van der Waals surface area contributed by atoms with Crippen molar-refractivity contribution in [3.63, 3.8) is 0 Å². The van der Waals surface area contributed by atoms with Crippen LogP contribution in [0.2, 0.25) is 0 Å². The topological polar surface area (TPSA) is 108 Å². The SMILES string of the molecule is CCCCC(=O)N1CCC(CNC(=O)N2CCC(Nc3ccc([N+](=O)[O-])c(C(F)(F)F)c3)CC2)CC1. The van der Waals surface area contributed by atoms with Gasteiger partial charge in [0.15, 0.2) is 0 Å². The molecule has 2 saturated heterocycles. The van der Waals surface area contributed by atoms with Crippen molar-refractivity contribution in [1.29, 1.82) is 0 Å². The Labute approximate surface area is 208 Å². The van der Waals surface area contributed by atoms with Gasteiger partial charge in [0.25, 0.3) is 5.69 Å². The summed E-state index contributed by atoms with van der Waals surface area (Å²) in [4.78, 5) is 38.2. The van der Waals surface area contributed by atoms with Crippen LogP contribution in [-0.4, -0.2) is 65.4 Å². The smallest absolute Gasteiger partial charge is 0.382 e. The molecule has 1 aromatic carbocycles. The number of alkyl halides is 3. The molecular formula is C24H34F3N5O4. The second-order valence-corrected chi connectivity index (χ2v) is 9.51. The van der Waals surface area contributed by atoms with Crippen LogP contribution in [0.3, 0.4) is 0 Å². The van der Waals surface area contributed by atoms with Crippen LogP contribution in [0.25, 0.3) is 0 Å². The number of nitrogens with zero attached hydrogens (tertiary/aromatic N) is 3. The van der Waals surface area contributed by atoms with E-state index < -0.39 is 22.4 Å². The highest BCUT2D eigenvalue weighted by Gasteiger charge is 2.38. The molecule has 12 heteroatoms. The highest BCUT2D eigenvalue weighted by molar-refractivity contribution is 5.76. The zero-order valence-electron chi connectivity index (χ0n) is 20.5. The predicted octanol–water partition coefficient (Wildman–Crippen LogP) is 4.63. The largest absolute Gasteiger partial charge is 0.423 e. The van der Waals surface area contributed by atoms with Crippen LogP contribution in [0.5, 0.6) is 0 Å². The van der Waals surface area contributed by atoms with Crippen molar-refractivity contribution in [3.05, 3.63) is 33.9 Å². The van der Waals surface area contributed by atoms with Crippen LogP contribution < -0.4 is 10.6 Å². The van der Waals surface area contributed by atoms with Gasteiger partial charge in [-0.25, -0.2) is 4.79 Å². The standard InChI is InChI=1S/C24H34F3N5O4/c1-2-3-4-22(33)30-11-7-17(8-12-30)16-28-23(34)31-13-9-18(10-14-31)29-19-5-6-21(32(35)36)20(15-19)24(25,26)27/h5-6,15,17-18,29H,2-4,7-14,16H2,1H3,(H,28,34). The van der Waals surface area contributed by atoms with Crippen molar-refractivity contribution in [1.82, 2.24) is 15.1 Å². The minimum atomic E-state index is -4.83. The Kier molecular flexibility index (Phi) is 9.38. The van der Waals surface area contributed by atoms with Gasteiger partial charge in [-0.2, -0.15) is 13.2 Å². The minimum absolute atomic E-state index is 0.147. The summed E-state index contributed by atoms with van der Waals surface area (Å²) in [6.07, 6.45) is 0.479. The number of amides is 3. The molecule has 9 nitrogen and oxygen atoms in total. The molecule has 0 bridgehead atoms. The van der Waals surface area contributed by atoms with Gasteiger partial charge in [-0.15, -0.1) is 0 Å². The number of nitro groups is 1. The van der Waals surface area contributed by atoms with Crippen LogP contribution in [0, 0.1) is 16.0 Å². The lowest BCUT2D eigenvalue weighted by Gasteiger charge is -2.35. The number of nitrogens with one attached hydrogen (secondary N) is 2. The maximum atomic E-state index is 13.2. The fourth-order valence-electron chi connectivity index (χ4n) is 4.69. The number of hydrogen-bond acceptors (Lipinski definition) is 5. The zero-order valence-corrected chi connectivity index (χ0v) is 20.5. The van der Waals surface area contributed by atoms with E-state index in [1.54, 1.807) is 4.90 Å². The van der Waals surface area contributed by atoms with E-state index in [0.29, 0.717) is 44.8 Å². The Morgan fingerprint density at radius 3 is 2.31 bits per heavy atom. The first-order valence-electron chi connectivity index (χ1n) is 12.5. The first-order chi connectivity index (χ1) is 17.1. The minimum Gasteiger partial charge on any atom is -0.382 e. The summed E-state index contributed by atoms with van der Waals surface area (Å²) in [5.74, 6) is 0.535. The van der Waals surface area contributed by atoms with E-state index in [9.17, 15) is 32.9 Å². The summed E-state index contributed by atoms with van der Waals surface area (Å²) in [6, 6.07) is 2.59. The molecule has 2 N–H and O–H groups in total. The number of hydrogen-bond donors (Lipinski definition) is 2. The number of urea groups is 1. The molecular weight excluding hydrogens is 479 g/mol. The average Bonchev–Trinajstić information content (AvgIpc) is 2.86. The van der Waals surface area contributed by atoms with Crippen molar-refractivity contribution < 1.29 is 27.7 Å². The molecule has 0 spiro atoms. The predicted molar refractivity (Wildman–Crippen MR) is 129 cm³/mol. The van der Waals surface area contributed by atoms with Gasteiger partial charge in [-0.3, -0.25) is 14.9 Å². The van der Waals surface area contributed by atoms with Gasteiger partial charge >= 0.3 is 12.2 Å². The maximum Gasteiger partial charge on any atom is 0.423 e. The van der Waals surface area contributed by atoms with Crippen molar-refractivity contribution >= 4 is 23.3 Å². The van der Waals surface area contributed by atoms with Crippen molar-refractivity contribution in [3.8, 4) is 0 Å². The normalized spacial score (nSPS) is 17.7. The van der Waals surface area contributed by atoms with Crippen LogP contribution in [0.1, 0.15) is 57.4 Å². The van der Waals surface area contributed by atoms with Gasteiger partial charge in [-0.05, 0) is 50.2 Å². The van der Waals surface area contributed by atoms with Gasteiger partial charge in [0, 0.05) is 56.9 Å². The molecule has 0 aromatic heterocycles. The molecule has 0 radical (unpaired) electrons. The van der Waals surface area contributed by atoms with E-state index in [4.69, 9.17) is 0 Å². The summed E-state index contributed by atoms with van der Waals surface area (Å²) in [5.41, 5.74) is -2.10. The van der Waals surface area contributed by atoms with Gasteiger partial charge in [0.2, 0.25) is 5.91 Å². The number of halogens is 3. The Morgan fingerprint density at radius 1 is 1.08 bits per heavy atom. The van der Waals surface area contributed by atoms with Gasteiger partial charge in [0.1, 0.15) is 5.56 Å². The number of piperidine rings is 2. The zero-order chi connectivity index (χ0) is 26.3. The molecule has 3 rings (SSSR count). The van der Waals surface area contributed by atoms with Crippen LogP contribution in [0.4, 0.5) is 29.3 Å². The lowest BCUT2D eigenvalue weighted by Crippen LogP contribution is -2.48. The van der Waals surface area contributed by atoms with E-state index in [2.05, 4.69) is 17.6 Å². The molecule has 2 aliphatic rings. The third kappa shape index (κ3) is 7.47. The monoisotopic (exact) mass is 513 g/mol. The Morgan fingerprint density at radius 2 is 1.72 bits per heavy atom. The van der Waals surface area contributed by atoms with Crippen molar-refractivity contribution in [2.24, 2.45) is 5.92 Å². The lowest BCUT2D eigenvalue weighted by molar-refractivity contribution is -0.388. The van der Waals surface area contributed by atoms with Crippen LogP contribution in [-0.2, 0) is 11.0 Å². The summed E-state index contributed by atoms with van der Waals surface area (Å²) in [5, 5.41) is 16.9. The number of carbonyl (C=O) groups excluding carboxylic acids is 2. The number of carbonyl (C=O) groups is 2. The second-order valence-electron chi connectivity index (χ2n) is 9.51. The number of benzene rings is 1. The summed E-state index contributed by atoms with van der Waals surface area (Å²) in [6.45, 7) is 4.96. The van der Waals surface area contributed by atoms with Crippen LogP contribution in [0.15, 0.2) is 18.2 Å². The fourth-order valence-corrected chi connectivity index (χ4v) is 4.69. The van der Waals surface area contributed by atoms with E-state index in [1.165, 1.54) is 6.07 Å². The Bertz CT molecular complexity index is 927. The molecule has 2 aliphatic heterocycles. The number of likely N-dealkylation sites (tertiary alicyclic amines) is 2. The molecule has 3 amide bonds. The average molecular weight is 514 g/mol. The third-order valence-electron chi connectivity index (χ3n) is 6.91. The molecule has 0 aliphatic carbocycles. The van der Waals surface area contributed by atoms with E-state index in [0.717, 1.165) is 50.9 Å². The van der Waals surface area contributed by atoms with Gasteiger partial charge in [0.05, 0.1) is 4.92 Å². The van der Waals surface area contributed by atoms with Crippen LogP contribution >= 0.6 is 0 Å². The molecule has 0 atom stereocenters. The first kappa shape index (κ1) is 27.5. The summed E-state index contributed by atoms with van der Waals surface area (Å²) >= 11 is 0. The van der Waals surface area contributed by atoms with Crippen molar-refractivity contribution in [2.75, 3.05) is 38.0 Å². The fraction of sp³-hybridized carbons (Fsp3) is 0.667. The molecule has 1 aromatic rings. The Balaban J connectivity index is 1.41. The molecule has 0 saturated carbocycles. The summed E-state index contributed by atoms with van der Waals surface area (Å²) < 4.78 is 39.6. The van der Waals surface area contributed by atoms with E-state index in [1.807, 2.05) is 4.90 Å².